The molecule has 0 saturated heterocycles. The van der Waals surface area contributed by atoms with Crippen LogP contribution in [0.2, 0.25) is 0 Å². The standard InChI is InChI=1S/C16H16FNO2/c1-9-6-11(7-10(2)16(9)20-3)15(19)13-5-4-12(18)8-14(13)17/h4-8H,18H2,1-3H3. The molecule has 2 rings (SSSR count). The number of carbonyl (C=O) groups is 1. The molecule has 3 nitrogen and oxygen atoms in total. The van der Waals surface area contributed by atoms with Gasteiger partial charge in [-0.25, -0.2) is 4.39 Å². The number of methoxy groups -OCH3 is 1. The summed E-state index contributed by atoms with van der Waals surface area (Å²) in [6.07, 6.45) is 0. The summed E-state index contributed by atoms with van der Waals surface area (Å²) in [5.41, 5.74) is 7.91. The van der Waals surface area contributed by atoms with E-state index in [0.29, 0.717) is 11.3 Å². The van der Waals surface area contributed by atoms with Crippen LogP contribution in [-0.2, 0) is 0 Å². The molecule has 0 aliphatic heterocycles. The van der Waals surface area contributed by atoms with Gasteiger partial charge in [-0.15, -0.1) is 0 Å². The Balaban J connectivity index is 2.49. The molecule has 0 aromatic heterocycles. The fourth-order valence-electron chi connectivity index (χ4n) is 2.27. The third kappa shape index (κ3) is 2.50. The molecule has 0 fully saturated rings. The molecule has 4 heteroatoms. The minimum Gasteiger partial charge on any atom is -0.496 e. The Kier molecular flexibility index (Phi) is 3.74. The second-order valence-electron chi connectivity index (χ2n) is 4.71. The number of rotatable bonds is 3. The van der Waals surface area contributed by atoms with E-state index in [0.717, 1.165) is 22.9 Å². The van der Waals surface area contributed by atoms with Crippen LogP contribution in [0.4, 0.5) is 10.1 Å². The maximum Gasteiger partial charge on any atom is 0.195 e. The Morgan fingerprint density at radius 1 is 1.15 bits per heavy atom. The van der Waals surface area contributed by atoms with Gasteiger partial charge in [0.2, 0.25) is 0 Å². The summed E-state index contributed by atoms with van der Waals surface area (Å²) in [6, 6.07) is 7.46. The van der Waals surface area contributed by atoms with Crippen LogP contribution in [0.15, 0.2) is 30.3 Å². The summed E-state index contributed by atoms with van der Waals surface area (Å²) in [7, 11) is 1.58. The van der Waals surface area contributed by atoms with Crippen molar-refractivity contribution in [1.29, 1.82) is 0 Å². The lowest BCUT2D eigenvalue weighted by Gasteiger charge is -2.11. The van der Waals surface area contributed by atoms with Crippen LogP contribution in [0.5, 0.6) is 5.75 Å². The first-order chi connectivity index (χ1) is 9.43. The number of benzene rings is 2. The van der Waals surface area contributed by atoms with Crippen LogP contribution in [0.1, 0.15) is 27.0 Å². The summed E-state index contributed by atoms with van der Waals surface area (Å²) in [5, 5.41) is 0. The summed E-state index contributed by atoms with van der Waals surface area (Å²) in [6.45, 7) is 3.70. The Hall–Kier alpha value is -2.36. The number of aryl methyl sites for hydroxylation is 2. The van der Waals surface area contributed by atoms with Gasteiger partial charge >= 0.3 is 0 Å². The number of nitrogens with two attached hydrogens (primary N) is 1. The van der Waals surface area contributed by atoms with Crippen LogP contribution < -0.4 is 10.5 Å². The van der Waals surface area contributed by atoms with Crippen LogP contribution >= 0.6 is 0 Å². The summed E-state index contributed by atoms with van der Waals surface area (Å²) < 4.78 is 19.1. The van der Waals surface area contributed by atoms with Gasteiger partial charge in [0.25, 0.3) is 0 Å². The fourth-order valence-corrected chi connectivity index (χ4v) is 2.27. The molecule has 0 saturated carbocycles. The largest absolute Gasteiger partial charge is 0.496 e. The highest BCUT2D eigenvalue weighted by Crippen LogP contribution is 2.26. The molecule has 0 aliphatic rings. The Morgan fingerprint density at radius 3 is 2.25 bits per heavy atom. The molecule has 0 atom stereocenters. The monoisotopic (exact) mass is 273 g/mol. The van der Waals surface area contributed by atoms with Crippen molar-refractivity contribution in [2.75, 3.05) is 12.8 Å². The summed E-state index contributed by atoms with van der Waals surface area (Å²) in [4.78, 5) is 12.4. The SMILES string of the molecule is COc1c(C)cc(C(=O)c2ccc(N)cc2F)cc1C. The van der Waals surface area contributed by atoms with E-state index in [1.807, 2.05) is 13.8 Å². The molecule has 0 amide bonds. The molecule has 2 aromatic carbocycles. The van der Waals surface area contributed by atoms with Crippen LogP contribution in [0.3, 0.4) is 0 Å². The van der Waals surface area contributed by atoms with Gasteiger partial charge < -0.3 is 10.5 Å². The van der Waals surface area contributed by atoms with E-state index in [2.05, 4.69) is 0 Å². The van der Waals surface area contributed by atoms with Crippen LogP contribution in [0.25, 0.3) is 0 Å². The average molecular weight is 273 g/mol. The zero-order chi connectivity index (χ0) is 14.9. The molecule has 0 radical (unpaired) electrons. The smallest absolute Gasteiger partial charge is 0.195 e. The second kappa shape index (κ2) is 5.33. The van der Waals surface area contributed by atoms with E-state index in [9.17, 15) is 9.18 Å². The Bertz CT molecular complexity index is 657. The molecule has 2 aromatic rings. The van der Waals surface area contributed by atoms with Gasteiger partial charge in [0, 0.05) is 11.3 Å². The lowest BCUT2D eigenvalue weighted by Crippen LogP contribution is -2.06. The van der Waals surface area contributed by atoms with Crippen molar-refractivity contribution in [3.05, 3.63) is 58.4 Å². The summed E-state index contributed by atoms with van der Waals surface area (Å²) in [5.74, 6) is -0.239. The highest BCUT2D eigenvalue weighted by molar-refractivity contribution is 6.09. The maximum atomic E-state index is 13.8. The van der Waals surface area contributed by atoms with Crippen molar-refractivity contribution in [2.45, 2.75) is 13.8 Å². The minimum atomic E-state index is -0.610. The first kappa shape index (κ1) is 14.1. The molecular formula is C16H16FNO2. The molecule has 0 heterocycles. The minimum absolute atomic E-state index is 0.0168. The van der Waals surface area contributed by atoms with Crippen molar-refractivity contribution in [3.63, 3.8) is 0 Å². The molecule has 104 valence electrons. The number of halogens is 1. The highest BCUT2D eigenvalue weighted by Gasteiger charge is 2.16. The van der Waals surface area contributed by atoms with Crippen molar-refractivity contribution in [3.8, 4) is 5.75 Å². The molecule has 0 aliphatic carbocycles. The van der Waals surface area contributed by atoms with Gasteiger partial charge in [-0.05, 0) is 55.3 Å². The zero-order valence-corrected chi connectivity index (χ0v) is 11.7. The number of nitrogen functional groups attached to an aromatic ring is 1. The Morgan fingerprint density at radius 2 is 1.75 bits per heavy atom. The van der Waals surface area contributed by atoms with Gasteiger partial charge in [0.15, 0.2) is 5.78 Å². The Labute approximate surface area is 117 Å². The number of hydrogen-bond acceptors (Lipinski definition) is 3. The number of ether oxygens (including phenoxy) is 1. The van der Waals surface area contributed by atoms with E-state index in [1.165, 1.54) is 12.1 Å². The third-order valence-electron chi connectivity index (χ3n) is 3.16. The van der Waals surface area contributed by atoms with Gasteiger partial charge in [-0.1, -0.05) is 0 Å². The van der Waals surface area contributed by atoms with Crippen molar-refractivity contribution < 1.29 is 13.9 Å². The van der Waals surface area contributed by atoms with E-state index in [1.54, 1.807) is 19.2 Å². The maximum absolute atomic E-state index is 13.8. The van der Waals surface area contributed by atoms with Crippen LogP contribution in [0, 0.1) is 19.7 Å². The molecular weight excluding hydrogens is 257 g/mol. The predicted octanol–water partition coefficient (Wildman–Crippen LogP) is 3.26. The fraction of sp³-hybridized carbons (Fsp3) is 0.188. The van der Waals surface area contributed by atoms with Crippen LogP contribution in [-0.4, -0.2) is 12.9 Å². The molecule has 0 unspecified atom stereocenters. The van der Waals surface area contributed by atoms with Gasteiger partial charge in [0.05, 0.1) is 12.7 Å². The molecule has 0 spiro atoms. The normalized spacial score (nSPS) is 10.4. The van der Waals surface area contributed by atoms with Gasteiger partial charge in [-0.3, -0.25) is 4.79 Å². The lowest BCUT2D eigenvalue weighted by atomic mass is 9.98. The van der Waals surface area contributed by atoms with Gasteiger partial charge in [0.1, 0.15) is 11.6 Å². The number of hydrogen-bond donors (Lipinski definition) is 1. The highest BCUT2D eigenvalue weighted by atomic mass is 19.1. The van der Waals surface area contributed by atoms with E-state index in [-0.39, 0.29) is 11.3 Å². The number of carbonyl (C=O) groups excluding carboxylic acids is 1. The van der Waals surface area contributed by atoms with E-state index in [4.69, 9.17) is 10.5 Å². The third-order valence-corrected chi connectivity index (χ3v) is 3.16. The second-order valence-corrected chi connectivity index (χ2v) is 4.71. The van der Waals surface area contributed by atoms with E-state index < -0.39 is 5.82 Å². The van der Waals surface area contributed by atoms with E-state index >= 15 is 0 Å². The van der Waals surface area contributed by atoms with Crippen molar-refractivity contribution in [1.82, 2.24) is 0 Å². The average Bonchev–Trinajstić information content (AvgIpc) is 2.37. The number of anilines is 1. The molecule has 20 heavy (non-hydrogen) atoms. The van der Waals surface area contributed by atoms with Crippen molar-refractivity contribution >= 4 is 11.5 Å². The first-order valence-electron chi connectivity index (χ1n) is 6.19. The topological polar surface area (TPSA) is 52.3 Å². The number of ketones is 1. The molecule has 2 N–H and O–H groups in total. The quantitative estimate of drug-likeness (QED) is 0.689. The zero-order valence-electron chi connectivity index (χ0n) is 11.7. The van der Waals surface area contributed by atoms with Gasteiger partial charge in [-0.2, -0.15) is 0 Å². The lowest BCUT2D eigenvalue weighted by molar-refractivity contribution is 0.103. The predicted molar refractivity (Wildman–Crippen MR) is 76.7 cm³/mol. The molecule has 0 bridgehead atoms. The summed E-state index contributed by atoms with van der Waals surface area (Å²) >= 11 is 0. The van der Waals surface area contributed by atoms with Crippen molar-refractivity contribution in [2.24, 2.45) is 0 Å². The first-order valence-corrected chi connectivity index (χ1v) is 6.19.